The van der Waals surface area contributed by atoms with Crippen molar-refractivity contribution in [2.24, 2.45) is 4.99 Å². The maximum atomic E-state index is 4.97. The molecule has 0 amide bonds. The average Bonchev–Trinajstić information content (AvgIpc) is 3.06. The van der Waals surface area contributed by atoms with E-state index >= 15 is 0 Å². The highest BCUT2D eigenvalue weighted by Crippen LogP contribution is 2.26. The van der Waals surface area contributed by atoms with Crippen molar-refractivity contribution >= 4 is 44.8 Å². The Morgan fingerprint density at radius 3 is 2.46 bits per heavy atom. The quantitative estimate of drug-likeness (QED) is 0.340. The van der Waals surface area contributed by atoms with E-state index < -0.39 is 0 Å². The maximum absolute atomic E-state index is 4.97. The van der Waals surface area contributed by atoms with Gasteiger partial charge in [-0.15, -0.1) is 34.9 Å². The van der Waals surface area contributed by atoms with Gasteiger partial charge in [-0.25, -0.2) is 4.99 Å². The van der Waals surface area contributed by atoms with E-state index in [0.29, 0.717) is 0 Å². The molecule has 0 spiro atoms. The van der Waals surface area contributed by atoms with Gasteiger partial charge in [-0.1, -0.05) is 72.8 Å². The van der Waals surface area contributed by atoms with Crippen LogP contribution in [0.25, 0.3) is 22.0 Å². The summed E-state index contributed by atoms with van der Waals surface area (Å²) in [6.07, 6.45) is 1.92. The van der Waals surface area contributed by atoms with Crippen LogP contribution in [-0.4, -0.2) is 4.57 Å². The molecule has 0 saturated carbocycles. The Bertz CT molecular complexity index is 1090. The van der Waals surface area contributed by atoms with Crippen molar-refractivity contribution in [1.82, 2.24) is 4.57 Å². The van der Waals surface area contributed by atoms with E-state index in [9.17, 15) is 0 Å². The summed E-state index contributed by atoms with van der Waals surface area (Å²) >= 11 is 1.66. The molecule has 1 heterocycles. The number of thiazole rings is 1. The largest absolute Gasteiger partial charge is 0.313 e. The van der Waals surface area contributed by atoms with E-state index in [0.717, 1.165) is 17.0 Å². The fraction of sp³-hybridized carbons (Fsp3) is 0.0455. The molecule has 0 aliphatic rings. The van der Waals surface area contributed by atoms with E-state index in [1.165, 1.54) is 22.0 Å². The molecular weight excluding hydrogens is 404 g/mol. The van der Waals surface area contributed by atoms with Crippen LogP contribution in [0.4, 0.5) is 5.69 Å². The fourth-order valence-corrected chi connectivity index (χ4v) is 3.90. The SMILES string of the molecule is Br.C=CCn1c(-c2ccccc2)csc1=Nc1cccc2ccccc12. The Kier molecular flexibility index (Phi) is 5.86. The number of aromatic nitrogens is 1. The van der Waals surface area contributed by atoms with E-state index in [4.69, 9.17) is 4.99 Å². The number of hydrogen-bond acceptors (Lipinski definition) is 2. The topological polar surface area (TPSA) is 17.3 Å². The van der Waals surface area contributed by atoms with Crippen molar-refractivity contribution in [3.05, 3.63) is 95.6 Å². The summed E-state index contributed by atoms with van der Waals surface area (Å²) < 4.78 is 2.22. The monoisotopic (exact) mass is 422 g/mol. The first-order chi connectivity index (χ1) is 12.4. The van der Waals surface area contributed by atoms with Crippen LogP contribution in [-0.2, 0) is 6.54 Å². The second kappa shape index (κ2) is 8.30. The standard InChI is InChI=1S/C22H18N2S.BrH/c1-2-15-24-21(18-10-4-3-5-11-18)16-25-22(24)23-20-14-8-12-17-9-6-7-13-19(17)20;/h2-14,16H,1,15H2;1H. The van der Waals surface area contributed by atoms with Crippen LogP contribution in [0.2, 0.25) is 0 Å². The lowest BCUT2D eigenvalue weighted by atomic mass is 10.1. The predicted octanol–water partition coefficient (Wildman–Crippen LogP) is 6.37. The van der Waals surface area contributed by atoms with E-state index in [2.05, 4.69) is 83.3 Å². The van der Waals surface area contributed by atoms with Gasteiger partial charge in [0.25, 0.3) is 0 Å². The molecule has 0 unspecified atom stereocenters. The summed E-state index contributed by atoms with van der Waals surface area (Å²) in [5.74, 6) is 0. The molecule has 0 fully saturated rings. The summed E-state index contributed by atoms with van der Waals surface area (Å²) in [5, 5.41) is 4.55. The van der Waals surface area contributed by atoms with Crippen molar-refractivity contribution in [2.45, 2.75) is 6.54 Å². The van der Waals surface area contributed by atoms with E-state index in [1.807, 2.05) is 12.1 Å². The van der Waals surface area contributed by atoms with Gasteiger partial charge in [0.15, 0.2) is 4.80 Å². The summed E-state index contributed by atoms with van der Waals surface area (Å²) in [6, 6.07) is 25.0. The first-order valence-electron chi connectivity index (χ1n) is 8.24. The molecule has 4 heteroatoms. The summed E-state index contributed by atoms with van der Waals surface area (Å²) in [7, 11) is 0. The maximum Gasteiger partial charge on any atom is 0.190 e. The fourth-order valence-electron chi connectivity index (χ4n) is 2.97. The highest BCUT2D eigenvalue weighted by molar-refractivity contribution is 8.93. The van der Waals surface area contributed by atoms with Crippen LogP contribution < -0.4 is 4.80 Å². The summed E-state index contributed by atoms with van der Waals surface area (Å²) in [6.45, 7) is 4.64. The van der Waals surface area contributed by atoms with Gasteiger partial charge in [0.2, 0.25) is 0 Å². The predicted molar refractivity (Wildman–Crippen MR) is 117 cm³/mol. The van der Waals surface area contributed by atoms with Crippen molar-refractivity contribution in [1.29, 1.82) is 0 Å². The third-order valence-electron chi connectivity index (χ3n) is 4.16. The molecule has 0 atom stereocenters. The van der Waals surface area contributed by atoms with Crippen LogP contribution in [0, 0.1) is 0 Å². The van der Waals surface area contributed by atoms with Gasteiger partial charge in [-0.3, -0.25) is 0 Å². The average molecular weight is 423 g/mol. The second-order valence-electron chi connectivity index (χ2n) is 5.78. The van der Waals surface area contributed by atoms with Crippen molar-refractivity contribution < 1.29 is 0 Å². The summed E-state index contributed by atoms with van der Waals surface area (Å²) in [5.41, 5.74) is 3.36. The van der Waals surface area contributed by atoms with Crippen LogP contribution in [0.5, 0.6) is 0 Å². The Morgan fingerprint density at radius 2 is 1.65 bits per heavy atom. The zero-order valence-electron chi connectivity index (χ0n) is 14.2. The molecule has 4 aromatic rings. The number of nitrogens with zero attached hydrogens (tertiary/aromatic N) is 2. The molecule has 26 heavy (non-hydrogen) atoms. The molecule has 0 aliphatic heterocycles. The van der Waals surface area contributed by atoms with Crippen molar-refractivity contribution in [3.63, 3.8) is 0 Å². The Hall–Kier alpha value is -2.43. The highest BCUT2D eigenvalue weighted by Gasteiger charge is 2.07. The third kappa shape index (κ3) is 3.57. The number of benzene rings is 3. The van der Waals surface area contributed by atoms with Gasteiger partial charge >= 0.3 is 0 Å². The van der Waals surface area contributed by atoms with Crippen molar-refractivity contribution in [3.8, 4) is 11.3 Å². The normalized spacial score (nSPS) is 11.3. The minimum Gasteiger partial charge on any atom is -0.313 e. The number of allylic oxidation sites excluding steroid dienone is 1. The molecule has 0 saturated heterocycles. The smallest absolute Gasteiger partial charge is 0.190 e. The number of hydrogen-bond donors (Lipinski definition) is 0. The lowest BCUT2D eigenvalue weighted by molar-refractivity contribution is 0.801. The van der Waals surface area contributed by atoms with Crippen LogP contribution in [0.15, 0.2) is 95.8 Å². The minimum absolute atomic E-state index is 0. The highest BCUT2D eigenvalue weighted by atomic mass is 79.9. The molecule has 130 valence electrons. The van der Waals surface area contributed by atoms with Crippen LogP contribution in [0.1, 0.15) is 0 Å². The van der Waals surface area contributed by atoms with E-state index in [-0.39, 0.29) is 17.0 Å². The zero-order chi connectivity index (χ0) is 17.1. The molecule has 4 rings (SSSR count). The molecule has 0 aliphatic carbocycles. The van der Waals surface area contributed by atoms with Gasteiger partial charge in [0, 0.05) is 17.3 Å². The Morgan fingerprint density at radius 1 is 0.923 bits per heavy atom. The van der Waals surface area contributed by atoms with Crippen molar-refractivity contribution in [2.75, 3.05) is 0 Å². The van der Waals surface area contributed by atoms with Gasteiger partial charge in [-0.2, -0.15) is 0 Å². The second-order valence-corrected chi connectivity index (χ2v) is 6.62. The van der Waals surface area contributed by atoms with Gasteiger partial charge < -0.3 is 4.57 Å². The van der Waals surface area contributed by atoms with Crippen LogP contribution in [0.3, 0.4) is 0 Å². The molecule has 3 aromatic carbocycles. The molecule has 1 aromatic heterocycles. The van der Waals surface area contributed by atoms with E-state index in [1.54, 1.807) is 11.3 Å². The molecule has 0 radical (unpaired) electrons. The lowest BCUT2D eigenvalue weighted by Gasteiger charge is -2.07. The Labute approximate surface area is 167 Å². The van der Waals surface area contributed by atoms with Gasteiger partial charge in [0.05, 0.1) is 11.4 Å². The number of fused-ring (bicyclic) bond motifs is 1. The molecule has 0 N–H and O–H groups in total. The first-order valence-corrected chi connectivity index (χ1v) is 9.12. The molecular formula is C22H19BrN2S. The van der Waals surface area contributed by atoms with Gasteiger partial charge in [0.1, 0.15) is 0 Å². The van der Waals surface area contributed by atoms with Crippen LogP contribution >= 0.6 is 28.3 Å². The molecule has 0 bridgehead atoms. The lowest BCUT2D eigenvalue weighted by Crippen LogP contribution is -2.14. The van der Waals surface area contributed by atoms with Gasteiger partial charge in [-0.05, 0) is 17.0 Å². The number of rotatable bonds is 4. The first kappa shape index (κ1) is 18.4. The zero-order valence-corrected chi connectivity index (χ0v) is 16.7. The minimum atomic E-state index is 0. The summed E-state index contributed by atoms with van der Waals surface area (Å²) in [4.78, 5) is 5.95. The number of halogens is 1. The Balaban J connectivity index is 0.00000196. The molecule has 2 nitrogen and oxygen atoms in total. The third-order valence-corrected chi connectivity index (χ3v) is 5.03.